The van der Waals surface area contributed by atoms with Crippen molar-refractivity contribution in [3.63, 3.8) is 0 Å². The first-order valence-electron chi connectivity index (χ1n) is 12.5. The van der Waals surface area contributed by atoms with Crippen LogP contribution in [0.4, 0.5) is 0 Å². The third-order valence-electron chi connectivity index (χ3n) is 7.41. The van der Waals surface area contributed by atoms with Gasteiger partial charge in [0.2, 0.25) is 17.7 Å². The zero-order valence-electron chi connectivity index (χ0n) is 19.8. The van der Waals surface area contributed by atoms with E-state index in [-0.39, 0.29) is 24.3 Å². The molecule has 4 rings (SSSR count). The summed E-state index contributed by atoms with van der Waals surface area (Å²) in [5.41, 5.74) is -1.14. The van der Waals surface area contributed by atoms with E-state index in [0.29, 0.717) is 45.6 Å². The number of rotatable bonds is 9. The summed E-state index contributed by atoms with van der Waals surface area (Å²) < 4.78 is 6.59. The molecule has 0 aliphatic carbocycles. The molecule has 4 heterocycles. The Morgan fingerprint density at radius 1 is 0.939 bits per heavy atom. The molecule has 4 aliphatic heterocycles. The second-order valence-corrected chi connectivity index (χ2v) is 9.56. The Kier molecular flexibility index (Phi) is 7.24. The lowest BCUT2D eigenvalue weighted by molar-refractivity contribution is -0.148. The van der Waals surface area contributed by atoms with Gasteiger partial charge in [-0.1, -0.05) is 44.6 Å². The minimum atomic E-state index is -1.14. The number of aliphatic hydroxyl groups is 1. The summed E-state index contributed by atoms with van der Waals surface area (Å²) in [5, 5.41) is 9.26. The molecular formula is C25H37N3O5. The topological polar surface area (TPSA) is 90.4 Å². The van der Waals surface area contributed by atoms with Gasteiger partial charge in [-0.15, -0.1) is 0 Å². The molecule has 1 spiro atoms. The molecule has 4 aliphatic rings. The van der Waals surface area contributed by atoms with Crippen LogP contribution in [0.3, 0.4) is 0 Å². The first kappa shape index (κ1) is 24.0. The maximum absolute atomic E-state index is 13.9. The zero-order valence-corrected chi connectivity index (χ0v) is 19.8. The number of nitrogens with zero attached hydrogens (tertiary/aromatic N) is 3. The largest absolute Gasteiger partial charge is 0.396 e. The molecule has 0 aromatic carbocycles. The molecule has 2 saturated heterocycles. The zero-order chi connectivity index (χ0) is 23.6. The fourth-order valence-corrected chi connectivity index (χ4v) is 5.89. The van der Waals surface area contributed by atoms with E-state index < -0.39 is 29.6 Å². The summed E-state index contributed by atoms with van der Waals surface area (Å²) in [7, 11) is 0. The second kappa shape index (κ2) is 9.97. The minimum Gasteiger partial charge on any atom is -0.396 e. The molecule has 182 valence electrons. The van der Waals surface area contributed by atoms with Gasteiger partial charge >= 0.3 is 0 Å². The van der Waals surface area contributed by atoms with E-state index in [9.17, 15) is 19.5 Å². The lowest BCUT2D eigenvalue weighted by atomic mass is 9.77. The van der Waals surface area contributed by atoms with Gasteiger partial charge < -0.3 is 24.5 Å². The van der Waals surface area contributed by atoms with Crippen LogP contribution >= 0.6 is 0 Å². The number of ether oxygens (including phenoxy) is 1. The van der Waals surface area contributed by atoms with Crippen molar-refractivity contribution in [2.45, 2.75) is 63.7 Å². The average molecular weight is 460 g/mol. The summed E-state index contributed by atoms with van der Waals surface area (Å²) in [6, 6.07) is -0.781. The van der Waals surface area contributed by atoms with E-state index in [4.69, 9.17) is 4.74 Å². The standard InChI is InChI=1S/C25H37N3O5/c1-3-5-13-27-15-9-11-25-20(23(31)28(16-6-7-17-29)21(25)24(27)32)19-18(33-25)10-8-14-26(12-4-2)22(19)30/h8-11,18-21,29H,3-7,12-17H2,1-2H3/t18-,19+,20-,21?,25-/m0/s1. The first-order chi connectivity index (χ1) is 16.0. The van der Waals surface area contributed by atoms with Crippen LogP contribution in [0.2, 0.25) is 0 Å². The predicted molar refractivity (Wildman–Crippen MR) is 123 cm³/mol. The van der Waals surface area contributed by atoms with Gasteiger partial charge in [-0.2, -0.15) is 0 Å². The highest BCUT2D eigenvalue weighted by molar-refractivity contribution is 5.99. The Bertz CT molecular complexity index is 827. The summed E-state index contributed by atoms with van der Waals surface area (Å²) in [6.45, 7) is 6.77. The molecule has 33 heavy (non-hydrogen) atoms. The van der Waals surface area contributed by atoms with Gasteiger partial charge in [-0.3, -0.25) is 14.4 Å². The molecule has 2 fully saturated rings. The monoisotopic (exact) mass is 459 g/mol. The fourth-order valence-electron chi connectivity index (χ4n) is 5.89. The van der Waals surface area contributed by atoms with Crippen molar-refractivity contribution in [2.24, 2.45) is 11.8 Å². The summed E-state index contributed by atoms with van der Waals surface area (Å²) >= 11 is 0. The Balaban J connectivity index is 1.74. The van der Waals surface area contributed by atoms with Gasteiger partial charge in [0, 0.05) is 39.3 Å². The number of hydrogen-bond acceptors (Lipinski definition) is 5. The summed E-state index contributed by atoms with van der Waals surface area (Å²) in [6.07, 6.45) is 11.0. The Labute approximate surface area is 196 Å². The number of likely N-dealkylation sites (tertiary alicyclic amines) is 1. The molecule has 0 aromatic heterocycles. The maximum atomic E-state index is 13.9. The number of carbonyl (C=O) groups excluding carboxylic acids is 3. The van der Waals surface area contributed by atoms with Crippen molar-refractivity contribution in [2.75, 3.05) is 39.3 Å². The maximum Gasteiger partial charge on any atom is 0.249 e. The number of amides is 3. The van der Waals surface area contributed by atoms with Gasteiger partial charge in [0.05, 0.1) is 17.9 Å². The van der Waals surface area contributed by atoms with Gasteiger partial charge in [-0.25, -0.2) is 0 Å². The van der Waals surface area contributed by atoms with Crippen molar-refractivity contribution < 1.29 is 24.2 Å². The van der Waals surface area contributed by atoms with E-state index in [2.05, 4.69) is 6.92 Å². The number of hydrogen-bond donors (Lipinski definition) is 1. The van der Waals surface area contributed by atoms with Crippen molar-refractivity contribution in [1.82, 2.24) is 14.7 Å². The molecule has 0 aromatic rings. The number of fused-ring (bicyclic) bond motifs is 2. The van der Waals surface area contributed by atoms with Gasteiger partial charge in [-0.05, 0) is 25.7 Å². The van der Waals surface area contributed by atoms with E-state index in [1.807, 2.05) is 36.1 Å². The fraction of sp³-hybridized carbons (Fsp3) is 0.720. The van der Waals surface area contributed by atoms with Crippen molar-refractivity contribution >= 4 is 17.7 Å². The van der Waals surface area contributed by atoms with Gasteiger partial charge in [0.15, 0.2) is 0 Å². The smallest absolute Gasteiger partial charge is 0.249 e. The van der Waals surface area contributed by atoms with Crippen LogP contribution in [0.1, 0.15) is 46.0 Å². The highest BCUT2D eigenvalue weighted by Gasteiger charge is 2.71. The van der Waals surface area contributed by atoms with Crippen molar-refractivity contribution in [3.8, 4) is 0 Å². The highest BCUT2D eigenvalue weighted by Crippen LogP contribution is 2.53. The summed E-state index contributed by atoms with van der Waals surface area (Å²) in [5.74, 6) is -1.70. The molecular weight excluding hydrogens is 422 g/mol. The van der Waals surface area contributed by atoms with E-state index in [1.165, 1.54) is 0 Å². The first-order valence-corrected chi connectivity index (χ1v) is 12.5. The quantitative estimate of drug-likeness (QED) is 0.415. The lowest BCUT2D eigenvalue weighted by Crippen LogP contribution is -2.55. The summed E-state index contributed by atoms with van der Waals surface area (Å²) in [4.78, 5) is 46.6. The van der Waals surface area contributed by atoms with E-state index >= 15 is 0 Å². The molecule has 0 bridgehead atoms. The SMILES string of the molecule is CCCCN1CC=C[C@]23O[C@H]4C=CCN(CCC)C(=O)[C@H]4[C@H]2C(=O)N(CCCCO)C3C1=O. The molecule has 5 atom stereocenters. The molecule has 0 saturated carbocycles. The Morgan fingerprint density at radius 2 is 1.70 bits per heavy atom. The van der Waals surface area contributed by atoms with Crippen LogP contribution in [-0.2, 0) is 19.1 Å². The van der Waals surface area contributed by atoms with Crippen LogP contribution < -0.4 is 0 Å². The molecule has 3 amide bonds. The van der Waals surface area contributed by atoms with E-state index in [1.54, 1.807) is 9.80 Å². The molecule has 1 unspecified atom stereocenters. The van der Waals surface area contributed by atoms with Crippen LogP contribution in [-0.4, -0.2) is 94.6 Å². The van der Waals surface area contributed by atoms with Crippen LogP contribution in [0, 0.1) is 11.8 Å². The van der Waals surface area contributed by atoms with Crippen molar-refractivity contribution in [3.05, 3.63) is 24.3 Å². The Hall–Kier alpha value is -2.19. The van der Waals surface area contributed by atoms with E-state index in [0.717, 1.165) is 19.3 Å². The Morgan fingerprint density at radius 3 is 2.42 bits per heavy atom. The molecule has 8 nitrogen and oxygen atoms in total. The molecule has 1 N–H and O–H groups in total. The lowest BCUT2D eigenvalue weighted by Gasteiger charge is -2.35. The molecule has 8 heteroatoms. The molecule has 0 radical (unpaired) electrons. The minimum absolute atomic E-state index is 0.0359. The third-order valence-corrected chi connectivity index (χ3v) is 7.41. The third kappa shape index (κ3) is 4.01. The normalized spacial score (nSPS) is 33.3. The van der Waals surface area contributed by atoms with Gasteiger partial charge in [0.1, 0.15) is 11.6 Å². The van der Waals surface area contributed by atoms with Crippen LogP contribution in [0.15, 0.2) is 24.3 Å². The van der Waals surface area contributed by atoms with Gasteiger partial charge in [0.25, 0.3) is 0 Å². The van der Waals surface area contributed by atoms with Crippen LogP contribution in [0.25, 0.3) is 0 Å². The average Bonchev–Trinajstić information content (AvgIpc) is 3.12. The van der Waals surface area contributed by atoms with Crippen LogP contribution in [0.5, 0.6) is 0 Å². The predicted octanol–water partition coefficient (Wildman–Crippen LogP) is 1.35. The number of aliphatic hydroxyl groups excluding tert-OH is 1. The number of unbranched alkanes of at least 4 members (excludes halogenated alkanes) is 2. The number of carbonyl (C=O) groups is 3. The van der Waals surface area contributed by atoms with Crippen molar-refractivity contribution in [1.29, 1.82) is 0 Å². The second-order valence-electron chi connectivity index (χ2n) is 9.56. The highest BCUT2D eigenvalue weighted by atomic mass is 16.5.